The van der Waals surface area contributed by atoms with Gasteiger partial charge in [0.15, 0.2) is 0 Å². The summed E-state index contributed by atoms with van der Waals surface area (Å²) in [6, 6.07) is 11.5. The lowest BCUT2D eigenvalue weighted by Gasteiger charge is -2.41. The predicted octanol–water partition coefficient (Wildman–Crippen LogP) is 4.07. The Morgan fingerprint density at radius 2 is 1.91 bits per heavy atom. The van der Waals surface area contributed by atoms with Crippen molar-refractivity contribution in [2.24, 2.45) is 11.8 Å². The molecular weight excluding hydrogens is 268 g/mol. The number of likely N-dealkylation sites (tertiary alicyclic amines) is 1. The van der Waals surface area contributed by atoms with Gasteiger partial charge in [-0.15, -0.1) is 0 Å². The Morgan fingerprint density at radius 3 is 2.59 bits per heavy atom. The molecule has 3 rings (SSSR count). The van der Waals surface area contributed by atoms with Crippen molar-refractivity contribution in [2.75, 3.05) is 19.6 Å². The first-order valence-corrected chi connectivity index (χ1v) is 9.33. The molecule has 0 bridgehead atoms. The molecule has 2 aliphatic rings. The molecule has 2 unspecified atom stereocenters. The SMILES string of the molecule is CCCC1CC(NCc2ccccc2)CN(CC2CCC2)C1. The minimum atomic E-state index is 0.672. The van der Waals surface area contributed by atoms with Gasteiger partial charge in [0.1, 0.15) is 0 Å². The van der Waals surface area contributed by atoms with Crippen LogP contribution in [-0.4, -0.2) is 30.6 Å². The van der Waals surface area contributed by atoms with Crippen LogP contribution in [0.4, 0.5) is 0 Å². The highest BCUT2D eigenvalue weighted by Crippen LogP contribution is 2.29. The molecule has 0 aromatic heterocycles. The van der Waals surface area contributed by atoms with Crippen LogP contribution in [0.2, 0.25) is 0 Å². The van der Waals surface area contributed by atoms with Gasteiger partial charge in [-0.25, -0.2) is 0 Å². The summed E-state index contributed by atoms with van der Waals surface area (Å²) in [6.45, 7) is 7.29. The maximum absolute atomic E-state index is 3.82. The van der Waals surface area contributed by atoms with Gasteiger partial charge in [-0.1, -0.05) is 50.1 Å². The highest BCUT2D eigenvalue weighted by Gasteiger charge is 2.29. The van der Waals surface area contributed by atoms with E-state index in [9.17, 15) is 0 Å². The Balaban J connectivity index is 1.51. The monoisotopic (exact) mass is 300 g/mol. The number of nitrogens with one attached hydrogen (secondary N) is 1. The molecule has 1 heterocycles. The Morgan fingerprint density at radius 1 is 1.09 bits per heavy atom. The fourth-order valence-corrected chi connectivity index (χ4v) is 4.12. The lowest BCUT2D eigenvalue weighted by Crippen LogP contribution is -2.50. The van der Waals surface area contributed by atoms with Crippen molar-refractivity contribution in [3.8, 4) is 0 Å². The number of hydrogen-bond acceptors (Lipinski definition) is 2. The Hall–Kier alpha value is -0.860. The molecule has 0 amide bonds. The van der Waals surface area contributed by atoms with Crippen LogP contribution in [0, 0.1) is 11.8 Å². The van der Waals surface area contributed by atoms with Gasteiger partial charge in [-0.3, -0.25) is 0 Å². The van der Waals surface area contributed by atoms with Gasteiger partial charge in [0, 0.05) is 32.2 Å². The summed E-state index contributed by atoms with van der Waals surface area (Å²) in [4.78, 5) is 2.76. The van der Waals surface area contributed by atoms with Crippen molar-refractivity contribution in [1.29, 1.82) is 0 Å². The minimum absolute atomic E-state index is 0.672. The van der Waals surface area contributed by atoms with Crippen LogP contribution in [0.3, 0.4) is 0 Å². The van der Waals surface area contributed by atoms with Crippen LogP contribution >= 0.6 is 0 Å². The zero-order chi connectivity index (χ0) is 15.2. The maximum atomic E-state index is 3.82. The van der Waals surface area contributed by atoms with Crippen molar-refractivity contribution in [3.63, 3.8) is 0 Å². The molecule has 22 heavy (non-hydrogen) atoms. The van der Waals surface area contributed by atoms with E-state index in [2.05, 4.69) is 47.5 Å². The summed E-state index contributed by atoms with van der Waals surface area (Å²) >= 11 is 0. The summed E-state index contributed by atoms with van der Waals surface area (Å²) in [5.74, 6) is 1.89. The smallest absolute Gasteiger partial charge is 0.0208 e. The van der Waals surface area contributed by atoms with Crippen LogP contribution in [0.15, 0.2) is 30.3 Å². The van der Waals surface area contributed by atoms with Gasteiger partial charge in [0.05, 0.1) is 0 Å². The average molecular weight is 300 g/mol. The molecule has 1 aliphatic carbocycles. The molecule has 2 heteroatoms. The van der Waals surface area contributed by atoms with Crippen molar-refractivity contribution in [2.45, 2.75) is 58.0 Å². The molecule has 2 nitrogen and oxygen atoms in total. The Bertz CT molecular complexity index is 427. The first-order valence-electron chi connectivity index (χ1n) is 9.33. The third kappa shape index (κ3) is 4.57. The van der Waals surface area contributed by atoms with Crippen LogP contribution in [0.25, 0.3) is 0 Å². The predicted molar refractivity (Wildman–Crippen MR) is 93.9 cm³/mol. The van der Waals surface area contributed by atoms with Gasteiger partial charge >= 0.3 is 0 Å². The molecule has 1 aromatic carbocycles. The number of hydrogen-bond donors (Lipinski definition) is 1. The summed E-state index contributed by atoms with van der Waals surface area (Å²) < 4.78 is 0. The fourth-order valence-electron chi connectivity index (χ4n) is 4.12. The van der Waals surface area contributed by atoms with E-state index in [4.69, 9.17) is 0 Å². The second kappa shape index (κ2) is 8.12. The van der Waals surface area contributed by atoms with Gasteiger partial charge in [0.2, 0.25) is 0 Å². The molecule has 1 aliphatic heterocycles. The molecule has 1 aromatic rings. The zero-order valence-electron chi connectivity index (χ0n) is 14.1. The van der Waals surface area contributed by atoms with E-state index < -0.39 is 0 Å². The molecule has 0 spiro atoms. The molecule has 1 saturated heterocycles. The number of rotatable bonds is 7. The van der Waals surface area contributed by atoms with Crippen molar-refractivity contribution >= 4 is 0 Å². The number of nitrogens with zero attached hydrogens (tertiary/aromatic N) is 1. The van der Waals surface area contributed by atoms with Crippen LogP contribution in [0.5, 0.6) is 0 Å². The third-order valence-electron chi connectivity index (χ3n) is 5.49. The van der Waals surface area contributed by atoms with E-state index in [-0.39, 0.29) is 0 Å². The first-order chi connectivity index (χ1) is 10.8. The quantitative estimate of drug-likeness (QED) is 0.816. The summed E-state index contributed by atoms with van der Waals surface area (Å²) in [5, 5.41) is 3.82. The maximum Gasteiger partial charge on any atom is 0.0208 e. The molecule has 1 N–H and O–H groups in total. The molecule has 2 atom stereocenters. The van der Waals surface area contributed by atoms with E-state index in [0.29, 0.717) is 6.04 Å². The zero-order valence-corrected chi connectivity index (χ0v) is 14.1. The average Bonchev–Trinajstić information content (AvgIpc) is 2.50. The standard InChI is InChI=1S/C20H32N2/c1-2-7-19-12-20(21-13-17-8-4-3-5-9-17)16-22(15-19)14-18-10-6-11-18/h3-5,8-9,18-21H,2,6-7,10-16H2,1H3. The minimum Gasteiger partial charge on any atom is -0.309 e. The van der Waals surface area contributed by atoms with Gasteiger partial charge in [0.25, 0.3) is 0 Å². The van der Waals surface area contributed by atoms with Crippen LogP contribution in [0.1, 0.15) is 51.0 Å². The first kappa shape index (κ1) is 16.0. The second-order valence-corrected chi connectivity index (χ2v) is 7.47. The van der Waals surface area contributed by atoms with E-state index >= 15 is 0 Å². The van der Waals surface area contributed by atoms with Crippen LogP contribution in [-0.2, 0) is 6.54 Å². The Labute approximate surface area is 136 Å². The summed E-state index contributed by atoms with van der Waals surface area (Å²) in [5.41, 5.74) is 1.41. The van der Waals surface area contributed by atoms with Gasteiger partial charge in [-0.2, -0.15) is 0 Å². The highest BCUT2D eigenvalue weighted by molar-refractivity contribution is 5.14. The van der Waals surface area contributed by atoms with E-state index in [1.807, 2.05) is 0 Å². The summed E-state index contributed by atoms with van der Waals surface area (Å²) in [7, 11) is 0. The topological polar surface area (TPSA) is 15.3 Å². The number of benzene rings is 1. The van der Waals surface area contributed by atoms with E-state index in [1.54, 1.807) is 0 Å². The molecule has 2 fully saturated rings. The molecular formula is C20H32N2. The second-order valence-electron chi connectivity index (χ2n) is 7.47. The van der Waals surface area contributed by atoms with Crippen LogP contribution < -0.4 is 5.32 Å². The Kier molecular flexibility index (Phi) is 5.91. The summed E-state index contributed by atoms with van der Waals surface area (Å²) in [6.07, 6.45) is 8.49. The normalized spacial score (nSPS) is 26.8. The van der Waals surface area contributed by atoms with E-state index in [0.717, 1.165) is 18.4 Å². The highest BCUT2D eigenvalue weighted by atomic mass is 15.2. The molecule has 1 saturated carbocycles. The molecule has 0 radical (unpaired) electrons. The van der Waals surface area contributed by atoms with Crippen molar-refractivity contribution < 1.29 is 0 Å². The van der Waals surface area contributed by atoms with Gasteiger partial charge in [-0.05, 0) is 43.1 Å². The van der Waals surface area contributed by atoms with Gasteiger partial charge < -0.3 is 10.2 Å². The lowest BCUT2D eigenvalue weighted by atomic mass is 9.83. The third-order valence-corrected chi connectivity index (χ3v) is 5.49. The van der Waals surface area contributed by atoms with E-state index in [1.165, 1.54) is 63.7 Å². The fraction of sp³-hybridized carbons (Fsp3) is 0.700. The van der Waals surface area contributed by atoms with Crippen molar-refractivity contribution in [1.82, 2.24) is 10.2 Å². The largest absolute Gasteiger partial charge is 0.309 e. The van der Waals surface area contributed by atoms with Crippen molar-refractivity contribution in [3.05, 3.63) is 35.9 Å². The number of piperidine rings is 1. The lowest BCUT2D eigenvalue weighted by molar-refractivity contribution is 0.0978. The molecule has 122 valence electrons.